The number of rotatable bonds is 3. The van der Waals surface area contributed by atoms with Gasteiger partial charge in [-0.3, -0.25) is 4.79 Å². The minimum atomic E-state index is -0.631. The molecule has 1 aromatic carbocycles. The van der Waals surface area contributed by atoms with Crippen LogP contribution < -0.4 is 4.74 Å². The summed E-state index contributed by atoms with van der Waals surface area (Å²) in [5.74, 6) is 0.789. The summed E-state index contributed by atoms with van der Waals surface area (Å²) < 4.78 is 11.3. The van der Waals surface area contributed by atoms with E-state index >= 15 is 0 Å². The van der Waals surface area contributed by atoms with Crippen molar-refractivity contribution >= 4 is 11.6 Å². The second-order valence-corrected chi connectivity index (χ2v) is 5.85. The smallest absolute Gasteiger partial charge is 0.227 e. The number of amides is 1. The first-order valence-corrected chi connectivity index (χ1v) is 7.32. The molecule has 114 valence electrons. The van der Waals surface area contributed by atoms with Crippen LogP contribution in [-0.4, -0.2) is 36.7 Å². The fraction of sp³-hybridized carbons (Fsp3) is 0.412. The number of nitriles is 1. The lowest BCUT2D eigenvalue weighted by Gasteiger charge is -2.36. The average Bonchev–Trinajstić information content (AvgIpc) is 2.92. The van der Waals surface area contributed by atoms with E-state index in [1.54, 1.807) is 30.2 Å². The van der Waals surface area contributed by atoms with Gasteiger partial charge < -0.3 is 14.4 Å². The predicted molar refractivity (Wildman–Crippen MR) is 81.0 cm³/mol. The van der Waals surface area contributed by atoms with Gasteiger partial charge in [0, 0.05) is 25.6 Å². The third kappa shape index (κ3) is 2.46. The molecule has 22 heavy (non-hydrogen) atoms. The van der Waals surface area contributed by atoms with Gasteiger partial charge in [0.25, 0.3) is 0 Å². The normalized spacial score (nSPS) is 23.6. The largest absolute Gasteiger partial charge is 0.480 e. The van der Waals surface area contributed by atoms with Crippen molar-refractivity contribution in [3.8, 4) is 11.8 Å². The van der Waals surface area contributed by atoms with E-state index < -0.39 is 5.60 Å². The van der Waals surface area contributed by atoms with Gasteiger partial charge in [-0.15, -0.1) is 0 Å². The highest BCUT2D eigenvalue weighted by atomic mass is 16.5. The van der Waals surface area contributed by atoms with Crippen molar-refractivity contribution in [2.24, 2.45) is 0 Å². The van der Waals surface area contributed by atoms with E-state index in [-0.39, 0.29) is 5.91 Å². The molecule has 1 unspecified atom stereocenters. The lowest BCUT2D eigenvalue weighted by Crippen LogP contribution is -2.40. The minimum absolute atomic E-state index is 0.112. The number of nitrogens with zero attached hydrogens (tertiary/aromatic N) is 2. The van der Waals surface area contributed by atoms with Crippen molar-refractivity contribution in [2.45, 2.75) is 25.4 Å². The second kappa shape index (κ2) is 5.47. The molecule has 2 aliphatic rings. The molecular formula is C17H18N2O3. The molecule has 1 saturated heterocycles. The van der Waals surface area contributed by atoms with Crippen LogP contribution in [0.1, 0.15) is 30.9 Å². The molecule has 0 radical (unpaired) electrons. The number of benzene rings is 1. The summed E-state index contributed by atoms with van der Waals surface area (Å²) in [7, 11) is 1.62. The van der Waals surface area contributed by atoms with E-state index in [1.165, 1.54) is 0 Å². The Labute approximate surface area is 129 Å². The first-order chi connectivity index (χ1) is 10.6. The third-order valence-electron chi connectivity index (χ3n) is 3.96. The molecule has 1 atom stereocenters. The van der Waals surface area contributed by atoms with E-state index in [0.29, 0.717) is 30.9 Å². The number of carbonyl (C=O) groups excluding carboxylic acids is 1. The van der Waals surface area contributed by atoms with Crippen molar-refractivity contribution in [1.29, 1.82) is 5.26 Å². The molecule has 3 rings (SSSR count). The quantitative estimate of drug-likeness (QED) is 0.859. The lowest BCUT2D eigenvalue weighted by atomic mass is 9.96. The van der Waals surface area contributed by atoms with Gasteiger partial charge in [-0.25, -0.2) is 0 Å². The molecule has 0 aromatic heterocycles. The molecule has 1 amide bonds. The van der Waals surface area contributed by atoms with Gasteiger partial charge in [0.1, 0.15) is 11.4 Å². The number of hydrogen-bond donors (Lipinski definition) is 0. The third-order valence-corrected chi connectivity index (χ3v) is 3.96. The number of methoxy groups -OCH3 is 1. The number of fused-ring (bicyclic) bond motifs is 1. The summed E-state index contributed by atoms with van der Waals surface area (Å²) in [6, 6.07) is 7.42. The van der Waals surface area contributed by atoms with Crippen LogP contribution in [0.25, 0.3) is 5.70 Å². The molecule has 1 aromatic rings. The van der Waals surface area contributed by atoms with Gasteiger partial charge in [-0.1, -0.05) is 0 Å². The maximum absolute atomic E-state index is 12.2. The van der Waals surface area contributed by atoms with Crippen LogP contribution in [0.4, 0.5) is 0 Å². The zero-order valence-electron chi connectivity index (χ0n) is 12.8. The standard InChI is InChI=1S/C17H18N2O3/c1-17(11-21-2)9-14(19-7-3-4-16(19)20)13-8-12(10-18)5-6-15(13)22-17/h5-6,8-9H,3-4,7,11H2,1-2H3. The summed E-state index contributed by atoms with van der Waals surface area (Å²) >= 11 is 0. The van der Waals surface area contributed by atoms with Gasteiger partial charge in [-0.05, 0) is 37.6 Å². The number of likely N-dealkylation sites (tertiary alicyclic amines) is 1. The molecular weight excluding hydrogens is 280 g/mol. The van der Waals surface area contributed by atoms with E-state index in [2.05, 4.69) is 6.07 Å². The Morgan fingerprint density at radius 3 is 2.95 bits per heavy atom. The van der Waals surface area contributed by atoms with Crippen LogP contribution >= 0.6 is 0 Å². The summed E-state index contributed by atoms with van der Waals surface area (Å²) in [4.78, 5) is 13.9. The van der Waals surface area contributed by atoms with Crippen LogP contribution in [0, 0.1) is 11.3 Å². The molecule has 1 fully saturated rings. The first kappa shape index (κ1) is 14.6. The van der Waals surface area contributed by atoms with Crippen LogP contribution in [-0.2, 0) is 9.53 Å². The molecule has 0 spiro atoms. The van der Waals surface area contributed by atoms with Gasteiger partial charge in [-0.2, -0.15) is 5.26 Å². The fourth-order valence-electron chi connectivity index (χ4n) is 3.02. The molecule has 0 N–H and O–H groups in total. The van der Waals surface area contributed by atoms with Crippen LogP contribution in [0.5, 0.6) is 5.75 Å². The van der Waals surface area contributed by atoms with Gasteiger partial charge in [0.05, 0.1) is 23.9 Å². The van der Waals surface area contributed by atoms with Crippen molar-refractivity contribution in [3.63, 3.8) is 0 Å². The SMILES string of the molecule is COCC1(C)C=C(N2CCCC2=O)c2cc(C#N)ccc2O1. The molecule has 0 bridgehead atoms. The van der Waals surface area contributed by atoms with Crippen LogP contribution in [0.3, 0.4) is 0 Å². The maximum Gasteiger partial charge on any atom is 0.227 e. The highest BCUT2D eigenvalue weighted by Gasteiger charge is 2.36. The van der Waals surface area contributed by atoms with Gasteiger partial charge in [0.2, 0.25) is 5.91 Å². The highest BCUT2D eigenvalue weighted by Crippen LogP contribution is 2.39. The number of ether oxygens (including phenoxy) is 2. The monoisotopic (exact) mass is 298 g/mol. The Balaban J connectivity index is 2.11. The van der Waals surface area contributed by atoms with E-state index in [4.69, 9.17) is 14.7 Å². The maximum atomic E-state index is 12.2. The van der Waals surface area contributed by atoms with E-state index in [9.17, 15) is 4.79 Å². The van der Waals surface area contributed by atoms with Crippen molar-refractivity contribution < 1.29 is 14.3 Å². The summed E-state index contributed by atoms with van der Waals surface area (Å²) in [5, 5.41) is 9.12. The number of hydrogen-bond acceptors (Lipinski definition) is 4. The molecule has 0 saturated carbocycles. The summed E-state index contributed by atoms with van der Waals surface area (Å²) in [6.07, 6.45) is 3.35. The van der Waals surface area contributed by atoms with E-state index in [0.717, 1.165) is 17.7 Å². The number of carbonyl (C=O) groups is 1. The molecule has 0 aliphatic carbocycles. The average molecular weight is 298 g/mol. The minimum Gasteiger partial charge on any atom is -0.480 e. The van der Waals surface area contributed by atoms with Crippen LogP contribution in [0.15, 0.2) is 24.3 Å². The van der Waals surface area contributed by atoms with E-state index in [1.807, 2.05) is 13.0 Å². The Morgan fingerprint density at radius 1 is 1.50 bits per heavy atom. The summed E-state index contributed by atoms with van der Waals surface area (Å²) in [6.45, 7) is 3.01. The highest BCUT2D eigenvalue weighted by molar-refractivity contribution is 5.90. The first-order valence-electron chi connectivity index (χ1n) is 7.32. The Bertz CT molecular complexity index is 690. The zero-order valence-corrected chi connectivity index (χ0v) is 12.8. The molecule has 2 heterocycles. The fourth-order valence-corrected chi connectivity index (χ4v) is 3.02. The lowest BCUT2D eigenvalue weighted by molar-refractivity contribution is -0.125. The second-order valence-electron chi connectivity index (χ2n) is 5.85. The summed E-state index contributed by atoms with van der Waals surface area (Å²) in [5.41, 5.74) is 1.53. The predicted octanol–water partition coefficient (Wildman–Crippen LogP) is 2.32. The Hall–Kier alpha value is -2.32. The van der Waals surface area contributed by atoms with Crippen molar-refractivity contribution in [1.82, 2.24) is 4.90 Å². The zero-order chi connectivity index (χ0) is 15.7. The van der Waals surface area contributed by atoms with Crippen LogP contribution in [0.2, 0.25) is 0 Å². The van der Waals surface area contributed by atoms with Gasteiger partial charge in [0.15, 0.2) is 0 Å². The van der Waals surface area contributed by atoms with Crippen molar-refractivity contribution in [2.75, 3.05) is 20.3 Å². The molecule has 5 nitrogen and oxygen atoms in total. The molecule has 2 aliphatic heterocycles. The Kier molecular flexibility index (Phi) is 3.63. The van der Waals surface area contributed by atoms with Crippen molar-refractivity contribution in [3.05, 3.63) is 35.4 Å². The molecule has 5 heteroatoms. The van der Waals surface area contributed by atoms with Gasteiger partial charge >= 0.3 is 0 Å². The Morgan fingerprint density at radius 2 is 2.32 bits per heavy atom. The topological polar surface area (TPSA) is 62.6 Å².